The number of Topliss-reactive ketones (excluding diaryl/α,β-unsaturated/α-hetero) is 1. The number of aliphatic hydroxyl groups is 1. The molecule has 1 unspecified atom stereocenters. The molecule has 3 heterocycles. The van der Waals surface area contributed by atoms with Crippen molar-refractivity contribution in [2.75, 3.05) is 25.2 Å². The molecule has 3 aromatic rings. The van der Waals surface area contributed by atoms with Gasteiger partial charge in [-0.25, -0.2) is 9.78 Å². The molecular formula is C27H24N2O7S. The lowest BCUT2D eigenvalue weighted by Gasteiger charge is -2.23. The lowest BCUT2D eigenvalue weighted by atomic mass is 9.94. The van der Waals surface area contributed by atoms with Crippen LogP contribution in [0, 0.1) is 6.92 Å². The summed E-state index contributed by atoms with van der Waals surface area (Å²) in [6, 6.07) is 11.3. The first-order chi connectivity index (χ1) is 17.8. The number of amides is 1. The third kappa shape index (κ3) is 4.23. The van der Waals surface area contributed by atoms with Gasteiger partial charge >= 0.3 is 11.9 Å². The van der Waals surface area contributed by atoms with Crippen molar-refractivity contribution in [2.45, 2.75) is 26.3 Å². The minimum Gasteiger partial charge on any atom is -0.507 e. The van der Waals surface area contributed by atoms with Crippen molar-refractivity contribution >= 4 is 39.9 Å². The molecule has 9 nitrogen and oxygen atoms in total. The summed E-state index contributed by atoms with van der Waals surface area (Å²) in [6.45, 7) is 4.42. The van der Waals surface area contributed by atoms with Crippen LogP contribution in [0.4, 0.5) is 5.13 Å². The first-order valence-corrected chi connectivity index (χ1v) is 12.5. The smallest absolute Gasteiger partial charge is 0.350 e. The molecule has 0 aliphatic carbocycles. The quantitative estimate of drug-likeness (QED) is 0.230. The van der Waals surface area contributed by atoms with E-state index in [9.17, 15) is 19.5 Å². The zero-order chi connectivity index (χ0) is 26.3. The molecule has 0 radical (unpaired) electrons. The predicted molar refractivity (Wildman–Crippen MR) is 136 cm³/mol. The number of ether oxygens (including phenoxy) is 3. The summed E-state index contributed by atoms with van der Waals surface area (Å²) in [4.78, 5) is 44.9. The normalized spacial score (nSPS) is 18.2. The summed E-state index contributed by atoms with van der Waals surface area (Å²) in [5.41, 5.74) is 2.29. The molecule has 5 rings (SSSR count). The number of carbonyl (C=O) groups is 3. The highest BCUT2D eigenvalue weighted by Crippen LogP contribution is 2.44. The van der Waals surface area contributed by atoms with Gasteiger partial charge in [-0.1, -0.05) is 42.5 Å². The topological polar surface area (TPSA) is 115 Å². The molecule has 1 aromatic heterocycles. The predicted octanol–water partition coefficient (Wildman–Crippen LogP) is 4.20. The zero-order valence-corrected chi connectivity index (χ0v) is 21.3. The van der Waals surface area contributed by atoms with Gasteiger partial charge in [0.25, 0.3) is 5.78 Å². The van der Waals surface area contributed by atoms with Crippen molar-refractivity contribution in [3.63, 3.8) is 0 Å². The summed E-state index contributed by atoms with van der Waals surface area (Å²) in [5, 5.41) is 11.5. The molecule has 2 aliphatic heterocycles. The fourth-order valence-electron chi connectivity index (χ4n) is 4.39. The van der Waals surface area contributed by atoms with Crippen molar-refractivity contribution in [3.05, 3.63) is 75.3 Å². The van der Waals surface area contributed by atoms with Crippen molar-refractivity contribution in [2.24, 2.45) is 0 Å². The van der Waals surface area contributed by atoms with E-state index < -0.39 is 23.7 Å². The van der Waals surface area contributed by atoms with E-state index in [0.717, 1.165) is 23.3 Å². The Kier molecular flexibility index (Phi) is 6.43. The summed E-state index contributed by atoms with van der Waals surface area (Å²) in [5.74, 6) is -1.67. The Hall–Kier alpha value is -4.18. The van der Waals surface area contributed by atoms with Gasteiger partial charge in [-0.05, 0) is 42.7 Å². The fourth-order valence-corrected chi connectivity index (χ4v) is 5.41. The van der Waals surface area contributed by atoms with E-state index in [0.29, 0.717) is 41.5 Å². The Morgan fingerprint density at radius 3 is 2.51 bits per heavy atom. The largest absolute Gasteiger partial charge is 0.507 e. The number of aliphatic hydroxyl groups excluding tert-OH is 1. The molecule has 1 fully saturated rings. The van der Waals surface area contributed by atoms with E-state index in [4.69, 9.17) is 14.2 Å². The van der Waals surface area contributed by atoms with Crippen molar-refractivity contribution < 1.29 is 33.7 Å². The van der Waals surface area contributed by atoms with E-state index in [2.05, 4.69) is 4.98 Å². The Morgan fingerprint density at radius 2 is 1.84 bits per heavy atom. The Bertz CT molecular complexity index is 1440. The number of aryl methyl sites for hydroxylation is 2. The maximum Gasteiger partial charge on any atom is 0.350 e. The van der Waals surface area contributed by atoms with Crippen molar-refractivity contribution in [3.8, 4) is 11.5 Å². The molecule has 0 bridgehead atoms. The highest BCUT2D eigenvalue weighted by atomic mass is 32.1. The van der Waals surface area contributed by atoms with Gasteiger partial charge in [-0.2, -0.15) is 0 Å². The first kappa shape index (κ1) is 24.5. The number of hydrogen-bond acceptors (Lipinski definition) is 9. The second kappa shape index (κ2) is 9.70. The third-order valence-corrected chi connectivity index (χ3v) is 7.46. The van der Waals surface area contributed by atoms with Crippen LogP contribution in [0.15, 0.2) is 48.0 Å². The zero-order valence-electron chi connectivity index (χ0n) is 20.4. The van der Waals surface area contributed by atoms with Gasteiger partial charge in [0.15, 0.2) is 16.6 Å². The number of hydrogen-bond donors (Lipinski definition) is 1. The minimum absolute atomic E-state index is 0.0848. The molecule has 0 spiro atoms. The maximum absolute atomic E-state index is 13.4. The number of nitrogens with zero attached hydrogens (tertiary/aromatic N) is 2. The van der Waals surface area contributed by atoms with Crippen molar-refractivity contribution in [1.82, 2.24) is 4.98 Å². The van der Waals surface area contributed by atoms with Crippen LogP contribution in [0.25, 0.3) is 5.76 Å². The number of anilines is 1. The Morgan fingerprint density at radius 1 is 1.14 bits per heavy atom. The number of fused-ring (bicyclic) bond motifs is 1. The maximum atomic E-state index is 13.4. The molecule has 1 atom stereocenters. The van der Waals surface area contributed by atoms with Crippen LogP contribution in [0.2, 0.25) is 0 Å². The lowest BCUT2D eigenvalue weighted by Crippen LogP contribution is -2.29. The van der Waals surface area contributed by atoms with E-state index in [-0.39, 0.29) is 21.3 Å². The number of carbonyl (C=O) groups excluding carboxylic acids is 3. The summed E-state index contributed by atoms with van der Waals surface area (Å²) >= 11 is 0.956. The Balaban J connectivity index is 1.68. The number of esters is 1. The fraction of sp³-hybridized carbons (Fsp3) is 0.259. The average molecular weight is 521 g/mol. The molecule has 2 aliphatic rings. The van der Waals surface area contributed by atoms with Gasteiger partial charge in [0.2, 0.25) is 0 Å². The molecule has 1 saturated heterocycles. The summed E-state index contributed by atoms with van der Waals surface area (Å²) in [6.07, 6.45) is 0.811. The van der Waals surface area contributed by atoms with Crippen LogP contribution in [0.1, 0.15) is 45.0 Å². The molecule has 1 N–H and O–H groups in total. The number of aromatic nitrogens is 1. The van der Waals surface area contributed by atoms with Crippen LogP contribution in [0.5, 0.6) is 11.5 Å². The second-order valence-corrected chi connectivity index (χ2v) is 9.50. The third-order valence-electron chi connectivity index (χ3n) is 6.33. The number of rotatable bonds is 5. The highest BCUT2D eigenvalue weighted by molar-refractivity contribution is 7.17. The second-order valence-electron chi connectivity index (χ2n) is 8.53. The summed E-state index contributed by atoms with van der Waals surface area (Å²) in [7, 11) is 1.26. The molecule has 0 saturated carbocycles. The molecule has 190 valence electrons. The van der Waals surface area contributed by atoms with E-state index in [1.54, 1.807) is 25.1 Å². The number of methoxy groups -OCH3 is 1. The average Bonchev–Trinajstić information content (AvgIpc) is 3.43. The van der Waals surface area contributed by atoms with Crippen LogP contribution >= 0.6 is 11.3 Å². The highest BCUT2D eigenvalue weighted by Gasteiger charge is 2.48. The van der Waals surface area contributed by atoms with Gasteiger partial charge in [-0.3, -0.25) is 14.5 Å². The first-order valence-electron chi connectivity index (χ1n) is 11.7. The Labute approximate surface area is 216 Å². The van der Waals surface area contributed by atoms with Gasteiger partial charge < -0.3 is 19.3 Å². The van der Waals surface area contributed by atoms with Gasteiger partial charge in [-0.15, -0.1) is 0 Å². The molecule has 2 aromatic carbocycles. The lowest BCUT2D eigenvalue weighted by molar-refractivity contribution is -0.132. The standard InChI is InChI=1S/C27H24N2O7S/c1-4-15-5-7-16(8-6-15)21-20(22(30)17-9-10-18-19(13-17)36-12-11-35-18)23(31)25(32)29(21)27-28-14(2)24(37-27)26(33)34-3/h5-10,13,21,30H,4,11-12H2,1-3H3. The molecule has 10 heteroatoms. The van der Waals surface area contributed by atoms with Crippen molar-refractivity contribution in [1.29, 1.82) is 0 Å². The minimum atomic E-state index is -0.963. The molecule has 1 amide bonds. The van der Waals surface area contributed by atoms with Crippen LogP contribution in [-0.4, -0.2) is 48.1 Å². The number of ketones is 1. The van der Waals surface area contributed by atoms with E-state index in [1.807, 2.05) is 31.2 Å². The monoisotopic (exact) mass is 520 g/mol. The number of benzene rings is 2. The van der Waals surface area contributed by atoms with Crippen LogP contribution in [-0.2, 0) is 20.7 Å². The molecule has 37 heavy (non-hydrogen) atoms. The number of thiazole rings is 1. The van der Waals surface area contributed by atoms with Crippen LogP contribution < -0.4 is 14.4 Å². The van der Waals surface area contributed by atoms with E-state index >= 15 is 0 Å². The van der Waals surface area contributed by atoms with Gasteiger partial charge in [0.05, 0.1) is 24.4 Å². The van der Waals surface area contributed by atoms with Gasteiger partial charge in [0, 0.05) is 5.56 Å². The molecular weight excluding hydrogens is 496 g/mol. The summed E-state index contributed by atoms with van der Waals surface area (Å²) < 4.78 is 16.0. The van der Waals surface area contributed by atoms with E-state index in [1.165, 1.54) is 12.0 Å². The van der Waals surface area contributed by atoms with Crippen LogP contribution in [0.3, 0.4) is 0 Å². The van der Waals surface area contributed by atoms with Gasteiger partial charge in [0.1, 0.15) is 23.9 Å². The SMILES string of the molecule is CCc1ccc(C2C(=C(O)c3ccc4c(c3)OCCO4)C(=O)C(=O)N2c2nc(C)c(C(=O)OC)s2)cc1.